The number of ether oxygens (including phenoxy) is 3. The Bertz CT molecular complexity index is 1650. The number of rotatable bonds is 8. The number of ketones is 1. The lowest BCUT2D eigenvalue weighted by Gasteiger charge is -2.47. The highest BCUT2D eigenvalue weighted by Gasteiger charge is 2.50. The summed E-state index contributed by atoms with van der Waals surface area (Å²) in [5, 5.41) is 22.2. The molecule has 0 bridgehead atoms. The average Bonchev–Trinajstić information content (AvgIpc) is 2.93. The van der Waals surface area contributed by atoms with Crippen LogP contribution in [0.3, 0.4) is 0 Å². The van der Waals surface area contributed by atoms with E-state index in [1.807, 2.05) is 32.9 Å². The summed E-state index contributed by atoms with van der Waals surface area (Å²) in [6, 6.07) is 8.41. The molecule has 4 rings (SSSR count). The summed E-state index contributed by atoms with van der Waals surface area (Å²) >= 11 is 0. The van der Waals surface area contributed by atoms with Gasteiger partial charge in [-0.15, -0.1) is 0 Å². The monoisotopic (exact) mass is 593 g/mol. The number of hydrogen-bond donors (Lipinski definition) is 3. The van der Waals surface area contributed by atoms with Crippen LogP contribution >= 0.6 is 0 Å². The van der Waals surface area contributed by atoms with Crippen LogP contribution in [0.1, 0.15) is 67.2 Å². The fourth-order valence-corrected chi connectivity index (χ4v) is 5.18. The van der Waals surface area contributed by atoms with E-state index in [4.69, 9.17) is 24.4 Å². The second-order valence-electron chi connectivity index (χ2n) is 11.9. The number of aromatic hydroxyl groups is 1. The van der Waals surface area contributed by atoms with E-state index in [2.05, 4.69) is 6.08 Å². The van der Waals surface area contributed by atoms with E-state index in [1.54, 1.807) is 33.8 Å². The first-order valence-corrected chi connectivity index (χ1v) is 14.1. The smallest absolute Gasteiger partial charge is 0.404 e. The van der Waals surface area contributed by atoms with Crippen LogP contribution < -0.4 is 16.1 Å². The number of amides is 1. The van der Waals surface area contributed by atoms with Crippen LogP contribution in [0.15, 0.2) is 51.2 Å². The molecule has 4 atom stereocenters. The molecule has 4 N–H and O–H groups in total. The minimum absolute atomic E-state index is 0.0541. The molecule has 0 spiro atoms. The number of fused-ring (bicyclic) bond motifs is 1. The number of Topliss-reactive ketones (excluding diaryl/α,β-unsaturated/α-hetero) is 1. The number of nitrogens with two attached hydrogens (primary N) is 1. The Kier molecular flexibility index (Phi) is 9.03. The lowest BCUT2D eigenvalue weighted by molar-refractivity contribution is -0.283. The number of allylic oxidation sites excluding steroid dienone is 2. The number of carbonyl (C=O) groups excluding carboxylic acids is 2. The summed E-state index contributed by atoms with van der Waals surface area (Å²) in [4.78, 5) is 37.7. The molecule has 2 heterocycles. The van der Waals surface area contributed by atoms with Crippen molar-refractivity contribution in [3.8, 4) is 11.5 Å². The minimum Gasteiger partial charge on any atom is -0.507 e. The third-order valence-electron chi connectivity index (χ3n) is 8.20. The van der Waals surface area contributed by atoms with Crippen molar-refractivity contribution < 1.29 is 38.4 Å². The predicted molar refractivity (Wildman–Crippen MR) is 160 cm³/mol. The van der Waals surface area contributed by atoms with Gasteiger partial charge in [0.25, 0.3) is 0 Å². The number of benzene rings is 2. The van der Waals surface area contributed by atoms with E-state index in [0.717, 1.165) is 11.1 Å². The number of aliphatic hydroxyl groups excluding tert-OH is 1. The molecule has 0 saturated carbocycles. The zero-order chi connectivity index (χ0) is 31.8. The molecule has 1 fully saturated rings. The maximum atomic E-state index is 13.2. The Morgan fingerprint density at radius 2 is 1.84 bits per heavy atom. The summed E-state index contributed by atoms with van der Waals surface area (Å²) in [6.45, 7) is 12.9. The van der Waals surface area contributed by atoms with Crippen LogP contribution in [0.2, 0.25) is 0 Å². The van der Waals surface area contributed by atoms with E-state index in [1.165, 1.54) is 17.7 Å². The molecule has 2 aromatic carbocycles. The normalized spacial score (nSPS) is 21.3. The molecule has 3 aromatic rings. The molecule has 43 heavy (non-hydrogen) atoms. The molecular formula is C33H39NO9. The van der Waals surface area contributed by atoms with Gasteiger partial charge in [-0.1, -0.05) is 30.7 Å². The molecule has 10 nitrogen and oxygen atoms in total. The highest BCUT2D eigenvalue weighted by Crippen LogP contribution is 2.39. The molecule has 0 aliphatic carbocycles. The zero-order valence-electron chi connectivity index (χ0n) is 25.5. The Balaban J connectivity index is 1.63. The number of aryl methyl sites for hydroxylation is 2. The molecule has 1 aliphatic rings. The van der Waals surface area contributed by atoms with Gasteiger partial charge in [0, 0.05) is 23.5 Å². The van der Waals surface area contributed by atoms with Crippen molar-refractivity contribution in [1.29, 1.82) is 0 Å². The van der Waals surface area contributed by atoms with Crippen molar-refractivity contribution in [2.45, 2.75) is 85.4 Å². The molecule has 0 radical (unpaired) electrons. The van der Waals surface area contributed by atoms with E-state index in [9.17, 15) is 24.6 Å². The fraction of sp³-hybridized carbons (Fsp3) is 0.424. The highest BCUT2D eigenvalue weighted by atomic mass is 16.7. The Hall–Kier alpha value is -4.15. The Morgan fingerprint density at radius 1 is 1.14 bits per heavy atom. The third-order valence-corrected chi connectivity index (χ3v) is 8.20. The maximum Gasteiger partial charge on any atom is 0.404 e. The average molecular weight is 594 g/mol. The number of aliphatic hydroxyl groups is 1. The van der Waals surface area contributed by atoms with Gasteiger partial charge >= 0.3 is 11.7 Å². The van der Waals surface area contributed by atoms with Crippen molar-refractivity contribution in [2.75, 3.05) is 0 Å². The summed E-state index contributed by atoms with van der Waals surface area (Å²) in [7, 11) is 0. The van der Waals surface area contributed by atoms with Gasteiger partial charge in [0.1, 0.15) is 23.2 Å². The minimum atomic E-state index is -1.37. The van der Waals surface area contributed by atoms with Crippen LogP contribution in [0.4, 0.5) is 4.79 Å². The lowest BCUT2D eigenvalue weighted by Crippen LogP contribution is -2.61. The van der Waals surface area contributed by atoms with Gasteiger partial charge in [-0.2, -0.15) is 0 Å². The van der Waals surface area contributed by atoms with Crippen molar-refractivity contribution in [1.82, 2.24) is 0 Å². The highest BCUT2D eigenvalue weighted by molar-refractivity contribution is 5.99. The first-order valence-electron chi connectivity index (χ1n) is 14.1. The number of hydrogen-bond acceptors (Lipinski definition) is 9. The van der Waals surface area contributed by atoms with Crippen molar-refractivity contribution in [3.05, 3.63) is 80.2 Å². The van der Waals surface area contributed by atoms with Gasteiger partial charge in [-0.25, -0.2) is 9.59 Å². The first kappa shape index (κ1) is 31.8. The van der Waals surface area contributed by atoms with Crippen molar-refractivity contribution >= 4 is 22.8 Å². The van der Waals surface area contributed by atoms with Crippen LogP contribution in [0, 0.1) is 19.8 Å². The van der Waals surface area contributed by atoms with Crippen LogP contribution in [-0.2, 0) is 22.3 Å². The number of primary amides is 1. The second kappa shape index (κ2) is 12.2. The van der Waals surface area contributed by atoms with E-state index in [0.29, 0.717) is 17.5 Å². The van der Waals surface area contributed by atoms with Crippen molar-refractivity contribution in [2.24, 2.45) is 11.7 Å². The van der Waals surface area contributed by atoms with Gasteiger partial charge in [-0.05, 0) is 77.3 Å². The first-order chi connectivity index (χ1) is 20.1. The number of carbonyl (C=O) groups is 2. The molecule has 1 unspecified atom stereocenters. The van der Waals surface area contributed by atoms with E-state index >= 15 is 0 Å². The van der Waals surface area contributed by atoms with Crippen LogP contribution in [0.5, 0.6) is 11.5 Å². The lowest BCUT2D eigenvalue weighted by atomic mass is 9.82. The molecule has 1 amide bonds. The Morgan fingerprint density at radius 3 is 2.49 bits per heavy atom. The van der Waals surface area contributed by atoms with Gasteiger partial charge in [0.15, 0.2) is 11.9 Å². The van der Waals surface area contributed by atoms with Crippen LogP contribution in [-0.4, -0.2) is 46.2 Å². The summed E-state index contributed by atoms with van der Waals surface area (Å²) in [5.41, 5.74) is 7.42. The summed E-state index contributed by atoms with van der Waals surface area (Å²) < 4.78 is 22.7. The molecule has 1 aromatic heterocycles. The maximum absolute atomic E-state index is 13.2. The molecule has 230 valence electrons. The standard InChI is InChI=1S/C33H39NO9/c1-16(2)8-10-20-14-21(11-9-17(20)3)24(35)15-23-26(36)22-12-13-25(18(4)28(22)41-30(23)38)40-31-27(37)29(42-32(34)39)19(5)33(6,7)43-31/h8-9,11-14,19,27,29,31,36-37H,10,15H2,1-7H3,(H2,34,39)/t19-,27+,29+,31?/m1/s1. The largest absolute Gasteiger partial charge is 0.507 e. The molecular weight excluding hydrogens is 554 g/mol. The van der Waals surface area contributed by atoms with Gasteiger partial charge < -0.3 is 34.6 Å². The van der Waals surface area contributed by atoms with Gasteiger partial charge in [0.05, 0.1) is 16.6 Å². The Labute approximate surface area is 250 Å². The van der Waals surface area contributed by atoms with Crippen molar-refractivity contribution in [3.63, 3.8) is 0 Å². The van der Waals surface area contributed by atoms with E-state index < -0.39 is 41.7 Å². The quantitative estimate of drug-likeness (QED) is 0.185. The second-order valence-corrected chi connectivity index (χ2v) is 11.9. The summed E-state index contributed by atoms with van der Waals surface area (Å²) in [5.74, 6) is -0.891. The van der Waals surface area contributed by atoms with E-state index in [-0.39, 0.29) is 40.2 Å². The molecule has 10 heteroatoms. The molecule has 1 saturated heterocycles. The third kappa shape index (κ3) is 6.60. The van der Waals surface area contributed by atoms with Gasteiger partial charge in [0.2, 0.25) is 6.29 Å². The molecule has 1 aliphatic heterocycles. The summed E-state index contributed by atoms with van der Waals surface area (Å²) in [6.07, 6.45) is -2.23. The van der Waals surface area contributed by atoms with Gasteiger partial charge in [-0.3, -0.25) is 4.79 Å². The van der Waals surface area contributed by atoms with Crippen LogP contribution in [0.25, 0.3) is 11.0 Å². The SMILES string of the molecule is CC(C)=CCc1cc(C(=O)Cc2c(O)c3ccc(OC4OC(C)(C)[C@H](C)[C@H](OC(N)=O)[C@@H]4O)c(C)c3oc2=O)ccc1C. The predicted octanol–water partition coefficient (Wildman–Crippen LogP) is 5.02. The fourth-order valence-electron chi connectivity index (χ4n) is 5.18. The topological polar surface area (TPSA) is 159 Å². The zero-order valence-corrected chi connectivity index (χ0v) is 25.5.